The van der Waals surface area contributed by atoms with E-state index in [2.05, 4.69) is 13.8 Å². The first-order valence-electron chi connectivity index (χ1n) is 13.6. The highest BCUT2D eigenvalue weighted by Gasteiger charge is 2.56. The summed E-state index contributed by atoms with van der Waals surface area (Å²) in [7, 11) is 0. The number of hydrogen-bond donors (Lipinski definition) is 3. The van der Waals surface area contributed by atoms with Gasteiger partial charge in [0.15, 0.2) is 0 Å². The summed E-state index contributed by atoms with van der Waals surface area (Å²) in [6, 6.07) is 6.97. The number of aromatic hydroxyl groups is 1. The van der Waals surface area contributed by atoms with Crippen LogP contribution in [0.3, 0.4) is 0 Å². The van der Waals surface area contributed by atoms with Gasteiger partial charge in [0.05, 0.1) is 24.5 Å². The average Bonchev–Trinajstić information content (AvgIpc) is 3.12. The number of likely N-dealkylation sites (tertiary alicyclic amines) is 1. The predicted octanol–water partition coefficient (Wildman–Crippen LogP) is 4.84. The van der Waals surface area contributed by atoms with Gasteiger partial charge in [0.1, 0.15) is 5.75 Å². The lowest BCUT2D eigenvalue weighted by atomic mass is 9.66. The first-order valence-corrected chi connectivity index (χ1v) is 13.6. The number of carbonyl (C=O) groups is 2. The second-order valence-corrected chi connectivity index (χ2v) is 11.2. The fourth-order valence-electron chi connectivity index (χ4n) is 6.62. The molecule has 1 saturated heterocycles. The SMILES string of the molecule is C/C(=C\c1ccc(O)cc1)CC[C@@H](O)C1=C(C(C)C)C[C@H]2C(=O)N(C3CCCCC3)C(=O)[C@H]2[C@H]1CO. The Kier molecular flexibility index (Phi) is 8.36. The van der Waals surface area contributed by atoms with E-state index in [4.69, 9.17) is 0 Å². The summed E-state index contributed by atoms with van der Waals surface area (Å²) in [4.78, 5) is 28.6. The topological polar surface area (TPSA) is 98.1 Å². The standard InChI is InChI=1S/C30H41NO5/c1-18(2)23-16-24-28(30(36)31(29(24)35)21-7-5-4-6-8-21)25(17-32)27(23)26(34)14-9-19(3)15-20-10-12-22(33)13-11-20/h10-13,15,18,21,24-26,28,32-34H,4-9,14,16-17H2,1-3H3/b19-15+/t24-,25+,26-,28-/m1/s1. The zero-order chi connectivity index (χ0) is 26.0. The van der Waals surface area contributed by atoms with E-state index < -0.39 is 23.9 Å². The van der Waals surface area contributed by atoms with Crippen molar-refractivity contribution in [2.45, 2.75) is 84.3 Å². The van der Waals surface area contributed by atoms with E-state index >= 15 is 0 Å². The van der Waals surface area contributed by atoms with Crippen LogP contribution in [-0.4, -0.2) is 50.8 Å². The molecule has 1 heterocycles. The van der Waals surface area contributed by atoms with Crippen LogP contribution in [0.2, 0.25) is 0 Å². The van der Waals surface area contributed by atoms with Crippen molar-refractivity contribution in [2.75, 3.05) is 6.61 Å². The van der Waals surface area contributed by atoms with Crippen LogP contribution in [0.4, 0.5) is 0 Å². The van der Waals surface area contributed by atoms with E-state index in [1.54, 1.807) is 12.1 Å². The molecule has 3 N–H and O–H groups in total. The average molecular weight is 496 g/mol. The van der Waals surface area contributed by atoms with Crippen molar-refractivity contribution in [3.05, 3.63) is 46.5 Å². The second-order valence-electron chi connectivity index (χ2n) is 11.2. The van der Waals surface area contributed by atoms with Crippen molar-refractivity contribution in [3.8, 4) is 5.75 Å². The minimum Gasteiger partial charge on any atom is -0.508 e. The van der Waals surface area contributed by atoms with Crippen molar-refractivity contribution in [1.29, 1.82) is 0 Å². The van der Waals surface area contributed by atoms with Crippen molar-refractivity contribution in [2.24, 2.45) is 23.7 Å². The van der Waals surface area contributed by atoms with Crippen LogP contribution in [0.15, 0.2) is 41.0 Å². The number of rotatable bonds is 8. The molecule has 6 nitrogen and oxygen atoms in total. The quantitative estimate of drug-likeness (QED) is 0.354. The van der Waals surface area contributed by atoms with E-state index in [0.717, 1.165) is 54.4 Å². The monoisotopic (exact) mass is 495 g/mol. The number of fused-ring (bicyclic) bond motifs is 1. The molecule has 4 rings (SSSR count). The molecule has 1 saturated carbocycles. The van der Waals surface area contributed by atoms with Gasteiger partial charge in [0.2, 0.25) is 11.8 Å². The van der Waals surface area contributed by atoms with Crippen LogP contribution >= 0.6 is 0 Å². The third-order valence-corrected chi connectivity index (χ3v) is 8.47. The summed E-state index contributed by atoms with van der Waals surface area (Å²) in [5.41, 5.74) is 3.87. The Morgan fingerprint density at radius 2 is 1.75 bits per heavy atom. The highest BCUT2D eigenvalue weighted by Crippen LogP contribution is 2.49. The number of allylic oxidation sites excluding steroid dienone is 2. The fraction of sp³-hybridized carbons (Fsp3) is 0.600. The number of nitrogens with zero attached hydrogens (tertiary/aromatic N) is 1. The van der Waals surface area contributed by atoms with Crippen molar-refractivity contribution in [1.82, 2.24) is 4.90 Å². The van der Waals surface area contributed by atoms with E-state index in [9.17, 15) is 24.9 Å². The molecule has 0 aromatic heterocycles. The molecular formula is C30H41NO5. The molecule has 2 aliphatic carbocycles. The van der Waals surface area contributed by atoms with Gasteiger partial charge in [-0.05, 0) is 68.2 Å². The molecule has 4 atom stereocenters. The summed E-state index contributed by atoms with van der Waals surface area (Å²) in [6.45, 7) is 5.89. The Morgan fingerprint density at radius 3 is 2.36 bits per heavy atom. The maximum atomic E-state index is 13.6. The zero-order valence-electron chi connectivity index (χ0n) is 21.8. The van der Waals surface area contributed by atoms with Gasteiger partial charge in [0.25, 0.3) is 0 Å². The molecule has 0 radical (unpaired) electrons. The third-order valence-electron chi connectivity index (χ3n) is 8.47. The lowest BCUT2D eigenvalue weighted by Crippen LogP contribution is -2.42. The molecule has 0 unspecified atom stereocenters. The summed E-state index contributed by atoms with van der Waals surface area (Å²) in [5, 5.41) is 31.4. The zero-order valence-corrected chi connectivity index (χ0v) is 21.8. The molecule has 1 aromatic rings. The first kappa shape index (κ1) is 26.6. The Balaban J connectivity index is 1.55. The Bertz CT molecular complexity index is 1020. The van der Waals surface area contributed by atoms with Gasteiger partial charge in [-0.3, -0.25) is 14.5 Å². The summed E-state index contributed by atoms with van der Waals surface area (Å²) in [5.74, 6) is -1.42. The minimum atomic E-state index is -0.782. The number of aliphatic hydroxyl groups excluding tert-OH is 2. The highest BCUT2D eigenvalue weighted by atomic mass is 16.3. The molecule has 1 aromatic carbocycles. The van der Waals surface area contributed by atoms with Crippen LogP contribution in [0.25, 0.3) is 6.08 Å². The molecule has 36 heavy (non-hydrogen) atoms. The summed E-state index contributed by atoms with van der Waals surface area (Å²) in [6.07, 6.45) is 7.84. The number of benzene rings is 1. The maximum Gasteiger partial charge on any atom is 0.234 e. The molecule has 3 aliphatic rings. The van der Waals surface area contributed by atoms with Gasteiger partial charge in [-0.15, -0.1) is 0 Å². The normalized spacial score (nSPS) is 26.7. The highest BCUT2D eigenvalue weighted by molar-refractivity contribution is 6.06. The van der Waals surface area contributed by atoms with Crippen molar-refractivity contribution < 1.29 is 24.9 Å². The minimum absolute atomic E-state index is 0.0211. The van der Waals surface area contributed by atoms with Gasteiger partial charge in [-0.2, -0.15) is 0 Å². The van der Waals surface area contributed by atoms with Crippen LogP contribution in [0.1, 0.15) is 77.7 Å². The Labute approximate surface area is 214 Å². The molecule has 6 heteroatoms. The number of carbonyl (C=O) groups excluding carboxylic acids is 2. The van der Waals surface area contributed by atoms with Crippen molar-refractivity contribution >= 4 is 17.9 Å². The van der Waals surface area contributed by atoms with E-state index in [1.165, 1.54) is 4.90 Å². The third kappa shape index (κ3) is 5.30. The van der Waals surface area contributed by atoms with Crippen LogP contribution in [0, 0.1) is 23.7 Å². The van der Waals surface area contributed by atoms with E-state index in [1.807, 2.05) is 25.1 Å². The summed E-state index contributed by atoms with van der Waals surface area (Å²) >= 11 is 0. The predicted molar refractivity (Wildman–Crippen MR) is 140 cm³/mol. The number of hydrogen-bond acceptors (Lipinski definition) is 5. The van der Waals surface area contributed by atoms with Gasteiger partial charge in [0, 0.05) is 12.0 Å². The van der Waals surface area contributed by atoms with Crippen molar-refractivity contribution in [3.63, 3.8) is 0 Å². The summed E-state index contributed by atoms with van der Waals surface area (Å²) < 4.78 is 0. The smallest absolute Gasteiger partial charge is 0.234 e. The number of imide groups is 1. The number of phenolic OH excluding ortho intramolecular Hbond substituents is 1. The second kappa shape index (κ2) is 11.3. The maximum absolute atomic E-state index is 13.6. The molecular weight excluding hydrogens is 454 g/mol. The molecule has 2 amide bonds. The Morgan fingerprint density at radius 1 is 1.08 bits per heavy atom. The molecule has 1 aliphatic heterocycles. The van der Waals surface area contributed by atoms with Crippen LogP contribution < -0.4 is 0 Å². The molecule has 196 valence electrons. The number of amides is 2. The molecule has 0 spiro atoms. The number of phenols is 1. The van der Waals surface area contributed by atoms with E-state index in [0.29, 0.717) is 19.3 Å². The molecule has 2 fully saturated rings. The fourth-order valence-corrected chi connectivity index (χ4v) is 6.62. The van der Waals surface area contributed by atoms with Crippen LogP contribution in [0.5, 0.6) is 5.75 Å². The van der Waals surface area contributed by atoms with Gasteiger partial charge >= 0.3 is 0 Å². The van der Waals surface area contributed by atoms with Crippen LogP contribution in [-0.2, 0) is 9.59 Å². The Hall–Kier alpha value is -2.44. The van der Waals surface area contributed by atoms with E-state index in [-0.39, 0.29) is 36.1 Å². The molecule has 0 bridgehead atoms. The lowest BCUT2D eigenvalue weighted by Gasteiger charge is -2.38. The van der Waals surface area contributed by atoms with Gasteiger partial charge < -0.3 is 15.3 Å². The largest absolute Gasteiger partial charge is 0.508 e. The first-order chi connectivity index (χ1) is 17.2. The lowest BCUT2D eigenvalue weighted by molar-refractivity contribution is -0.143. The van der Waals surface area contributed by atoms with Gasteiger partial charge in [-0.1, -0.05) is 62.5 Å². The number of aliphatic hydroxyl groups is 2. The van der Waals surface area contributed by atoms with Gasteiger partial charge in [-0.25, -0.2) is 0 Å².